The lowest BCUT2D eigenvalue weighted by Crippen LogP contribution is -2.38. The van der Waals surface area contributed by atoms with Gasteiger partial charge >= 0.3 is 0 Å². The summed E-state index contributed by atoms with van der Waals surface area (Å²) in [5.74, 6) is 0.907. The third-order valence-corrected chi connectivity index (χ3v) is 2.40. The van der Waals surface area contributed by atoms with Crippen molar-refractivity contribution in [3.8, 4) is 0 Å². The second-order valence-electron chi connectivity index (χ2n) is 4.43. The van der Waals surface area contributed by atoms with E-state index in [1.165, 1.54) is 12.8 Å². The SMILES string of the molecule is CCCC(C)(C)NC/C=C/c1ccco1. The maximum atomic E-state index is 5.20. The minimum atomic E-state index is 0.224. The van der Waals surface area contributed by atoms with Crippen LogP contribution in [-0.4, -0.2) is 12.1 Å². The lowest BCUT2D eigenvalue weighted by atomic mass is 9.99. The average Bonchev–Trinajstić information content (AvgIpc) is 2.65. The smallest absolute Gasteiger partial charge is 0.126 e. The van der Waals surface area contributed by atoms with E-state index >= 15 is 0 Å². The van der Waals surface area contributed by atoms with Crippen molar-refractivity contribution in [1.29, 1.82) is 0 Å². The zero-order chi connectivity index (χ0) is 11.1. The third kappa shape index (κ3) is 4.84. The fourth-order valence-electron chi connectivity index (χ4n) is 1.61. The first-order chi connectivity index (χ1) is 7.14. The van der Waals surface area contributed by atoms with Crippen LogP contribution in [0.2, 0.25) is 0 Å². The molecule has 2 nitrogen and oxygen atoms in total. The Balaban J connectivity index is 2.26. The molecule has 1 N–H and O–H groups in total. The third-order valence-electron chi connectivity index (χ3n) is 2.40. The van der Waals surface area contributed by atoms with Gasteiger partial charge in [0, 0.05) is 12.1 Å². The molecule has 0 radical (unpaired) electrons. The predicted octanol–water partition coefficient (Wildman–Crippen LogP) is 3.46. The molecule has 0 aliphatic heterocycles. The van der Waals surface area contributed by atoms with Crippen molar-refractivity contribution in [1.82, 2.24) is 5.32 Å². The lowest BCUT2D eigenvalue weighted by Gasteiger charge is -2.24. The molecule has 0 aromatic carbocycles. The molecule has 0 bridgehead atoms. The van der Waals surface area contributed by atoms with Crippen LogP contribution < -0.4 is 5.32 Å². The normalized spacial score (nSPS) is 12.5. The van der Waals surface area contributed by atoms with Gasteiger partial charge in [0.05, 0.1) is 6.26 Å². The fraction of sp³-hybridized carbons (Fsp3) is 0.538. The van der Waals surface area contributed by atoms with E-state index in [2.05, 4.69) is 32.2 Å². The largest absolute Gasteiger partial charge is 0.465 e. The molecule has 15 heavy (non-hydrogen) atoms. The van der Waals surface area contributed by atoms with E-state index < -0.39 is 0 Å². The zero-order valence-corrected chi connectivity index (χ0v) is 9.92. The molecule has 1 aromatic heterocycles. The van der Waals surface area contributed by atoms with Crippen molar-refractivity contribution in [3.63, 3.8) is 0 Å². The molecule has 0 atom stereocenters. The van der Waals surface area contributed by atoms with Gasteiger partial charge in [-0.3, -0.25) is 0 Å². The minimum Gasteiger partial charge on any atom is -0.465 e. The van der Waals surface area contributed by atoms with Crippen LogP contribution >= 0.6 is 0 Å². The number of furan rings is 1. The predicted molar refractivity (Wildman–Crippen MR) is 64.7 cm³/mol. The highest BCUT2D eigenvalue weighted by atomic mass is 16.3. The van der Waals surface area contributed by atoms with Crippen molar-refractivity contribution in [2.45, 2.75) is 39.2 Å². The second kappa shape index (κ2) is 5.76. The molecule has 0 fully saturated rings. The van der Waals surface area contributed by atoms with Gasteiger partial charge in [-0.05, 0) is 38.5 Å². The second-order valence-corrected chi connectivity index (χ2v) is 4.43. The summed E-state index contributed by atoms with van der Waals surface area (Å²) in [6.07, 6.45) is 8.18. The Labute approximate surface area is 92.4 Å². The monoisotopic (exact) mass is 207 g/mol. The summed E-state index contributed by atoms with van der Waals surface area (Å²) in [5.41, 5.74) is 0.224. The summed E-state index contributed by atoms with van der Waals surface area (Å²) in [6.45, 7) is 7.56. The van der Waals surface area contributed by atoms with Gasteiger partial charge in [-0.15, -0.1) is 0 Å². The number of hydrogen-bond donors (Lipinski definition) is 1. The Morgan fingerprint density at radius 3 is 2.87 bits per heavy atom. The first kappa shape index (κ1) is 12.1. The van der Waals surface area contributed by atoms with Crippen molar-refractivity contribution in [2.75, 3.05) is 6.54 Å². The molecule has 0 spiro atoms. The van der Waals surface area contributed by atoms with Gasteiger partial charge in [0.15, 0.2) is 0 Å². The van der Waals surface area contributed by atoms with Crippen LogP contribution in [0.25, 0.3) is 6.08 Å². The Morgan fingerprint density at radius 1 is 1.47 bits per heavy atom. The maximum Gasteiger partial charge on any atom is 0.126 e. The Hall–Kier alpha value is -1.02. The van der Waals surface area contributed by atoms with Gasteiger partial charge in [0.25, 0.3) is 0 Å². The average molecular weight is 207 g/mol. The van der Waals surface area contributed by atoms with E-state index in [9.17, 15) is 0 Å². The summed E-state index contributed by atoms with van der Waals surface area (Å²) in [5, 5.41) is 3.49. The summed E-state index contributed by atoms with van der Waals surface area (Å²) >= 11 is 0. The molecule has 1 heterocycles. The van der Waals surface area contributed by atoms with Gasteiger partial charge < -0.3 is 9.73 Å². The van der Waals surface area contributed by atoms with Crippen LogP contribution in [-0.2, 0) is 0 Å². The first-order valence-corrected chi connectivity index (χ1v) is 5.59. The van der Waals surface area contributed by atoms with Crippen LogP contribution in [0.1, 0.15) is 39.4 Å². The van der Waals surface area contributed by atoms with Crippen LogP contribution in [0.15, 0.2) is 28.9 Å². The molecular weight excluding hydrogens is 186 g/mol. The number of nitrogens with one attached hydrogen (secondary N) is 1. The van der Waals surface area contributed by atoms with E-state index in [4.69, 9.17) is 4.42 Å². The molecule has 0 amide bonds. The first-order valence-electron chi connectivity index (χ1n) is 5.59. The molecule has 0 saturated carbocycles. The van der Waals surface area contributed by atoms with Crippen LogP contribution in [0, 0.1) is 0 Å². The maximum absolute atomic E-state index is 5.20. The number of rotatable bonds is 6. The summed E-state index contributed by atoms with van der Waals surface area (Å²) in [6, 6.07) is 3.85. The molecule has 0 unspecified atom stereocenters. The van der Waals surface area contributed by atoms with Gasteiger partial charge in [-0.2, -0.15) is 0 Å². The molecular formula is C13H21NO. The van der Waals surface area contributed by atoms with Gasteiger partial charge in [-0.1, -0.05) is 19.4 Å². The highest BCUT2D eigenvalue weighted by molar-refractivity contribution is 5.42. The molecule has 0 aliphatic rings. The fourth-order valence-corrected chi connectivity index (χ4v) is 1.61. The van der Waals surface area contributed by atoms with Crippen LogP contribution in [0.5, 0.6) is 0 Å². The van der Waals surface area contributed by atoms with E-state index in [0.29, 0.717) is 0 Å². The summed E-state index contributed by atoms with van der Waals surface area (Å²) < 4.78 is 5.20. The van der Waals surface area contributed by atoms with Gasteiger partial charge in [0.1, 0.15) is 5.76 Å². The lowest BCUT2D eigenvalue weighted by molar-refractivity contribution is 0.375. The van der Waals surface area contributed by atoms with Crippen molar-refractivity contribution in [2.24, 2.45) is 0 Å². The summed E-state index contributed by atoms with van der Waals surface area (Å²) in [4.78, 5) is 0. The Bertz CT molecular complexity index is 285. The van der Waals surface area contributed by atoms with Crippen molar-refractivity contribution < 1.29 is 4.42 Å². The van der Waals surface area contributed by atoms with E-state index in [-0.39, 0.29) is 5.54 Å². The molecule has 2 heteroatoms. The highest BCUT2D eigenvalue weighted by Crippen LogP contribution is 2.10. The van der Waals surface area contributed by atoms with Crippen molar-refractivity contribution in [3.05, 3.63) is 30.2 Å². The van der Waals surface area contributed by atoms with Crippen LogP contribution in [0.4, 0.5) is 0 Å². The van der Waals surface area contributed by atoms with Crippen LogP contribution in [0.3, 0.4) is 0 Å². The standard InChI is InChI=1S/C13H21NO/c1-4-9-13(2,3)14-10-5-7-12-8-6-11-15-12/h5-8,11,14H,4,9-10H2,1-3H3/b7-5+. The number of hydrogen-bond acceptors (Lipinski definition) is 2. The van der Waals surface area contributed by atoms with E-state index in [1.54, 1.807) is 6.26 Å². The summed E-state index contributed by atoms with van der Waals surface area (Å²) in [7, 11) is 0. The molecule has 0 saturated heterocycles. The zero-order valence-electron chi connectivity index (χ0n) is 9.92. The molecule has 1 rings (SSSR count). The van der Waals surface area contributed by atoms with Crippen molar-refractivity contribution >= 4 is 6.08 Å². The molecule has 84 valence electrons. The topological polar surface area (TPSA) is 25.2 Å². The highest BCUT2D eigenvalue weighted by Gasteiger charge is 2.13. The minimum absolute atomic E-state index is 0.224. The van der Waals surface area contributed by atoms with Gasteiger partial charge in [0.2, 0.25) is 0 Å². The van der Waals surface area contributed by atoms with Gasteiger partial charge in [-0.25, -0.2) is 0 Å². The molecule has 0 aliphatic carbocycles. The van der Waals surface area contributed by atoms with E-state index in [1.807, 2.05) is 18.2 Å². The Morgan fingerprint density at radius 2 is 2.27 bits per heavy atom. The quantitative estimate of drug-likeness (QED) is 0.772. The molecule has 1 aromatic rings. The Kier molecular flexibility index (Phi) is 4.63. The van der Waals surface area contributed by atoms with E-state index in [0.717, 1.165) is 12.3 Å².